The molecule has 0 spiro atoms. The predicted molar refractivity (Wildman–Crippen MR) is 101 cm³/mol. The molecular formula is C19H14N4O2S. The summed E-state index contributed by atoms with van der Waals surface area (Å²) in [4.78, 5) is 4.32. The van der Waals surface area contributed by atoms with E-state index in [1.165, 1.54) is 16.2 Å². The van der Waals surface area contributed by atoms with Crippen LogP contribution in [-0.2, 0) is 10.0 Å². The van der Waals surface area contributed by atoms with Crippen molar-refractivity contribution in [3.05, 3.63) is 66.0 Å². The Labute approximate surface area is 150 Å². The Bertz CT molecular complexity index is 1220. The highest BCUT2D eigenvalue weighted by molar-refractivity contribution is 7.90. The molecule has 0 saturated carbocycles. The first-order valence-electron chi connectivity index (χ1n) is 7.90. The molecular weight excluding hydrogens is 348 g/mol. The predicted octanol–water partition coefficient (Wildman–Crippen LogP) is 3.23. The van der Waals surface area contributed by atoms with Crippen molar-refractivity contribution in [3.63, 3.8) is 0 Å². The Morgan fingerprint density at radius 1 is 1.31 bits per heavy atom. The van der Waals surface area contributed by atoms with Gasteiger partial charge in [-0.05, 0) is 12.1 Å². The van der Waals surface area contributed by atoms with E-state index in [4.69, 9.17) is 0 Å². The summed E-state index contributed by atoms with van der Waals surface area (Å²) in [7, 11) is -3.85. The lowest BCUT2D eigenvalue weighted by molar-refractivity contribution is 0.589. The van der Waals surface area contributed by atoms with Gasteiger partial charge in [-0.1, -0.05) is 43.0 Å². The van der Waals surface area contributed by atoms with Crippen molar-refractivity contribution in [2.75, 3.05) is 11.9 Å². The quantitative estimate of drug-likeness (QED) is 0.773. The number of nitriles is 1. The number of aromatic nitrogens is 2. The summed E-state index contributed by atoms with van der Waals surface area (Å²) in [5, 5.41) is 13.1. The summed E-state index contributed by atoms with van der Waals surface area (Å²) in [6.07, 6.45) is 6.73. The fraction of sp³-hybridized carbons (Fsp3) is 0.0526. The minimum absolute atomic E-state index is 0.181. The average Bonchev–Trinajstić information content (AvgIpc) is 3.03. The van der Waals surface area contributed by atoms with Gasteiger partial charge in [-0.3, -0.25) is 0 Å². The molecule has 0 unspecified atom stereocenters. The van der Waals surface area contributed by atoms with Crippen LogP contribution in [0.1, 0.15) is 16.8 Å². The van der Waals surface area contributed by atoms with Crippen LogP contribution in [0.2, 0.25) is 0 Å². The molecule has 0 aliphatic carbocycles. The summed E-state index contributed by atoms with van der Waals surface area (Å²) in [5.74, 6) is 0.464. The number of benzene rings is 1. The zero-order chi connectivity index (χ0) is 18.3. The van der Waals surface area contributed by atoms with Gasteiger partial charge in [-0.25, -0.2) is 17.4 Å². The lowest BCUT2D eigenvalue weighted by atomic mass is 10.0. The van der Waals surface area contributed by atoms with Crippen LogP contribution < -0.4 is 5.32 Å². The van der Waals surface area contributed by atoms with Gasteiger partial charge >= 0.3 is 0 Å². The average molecular weight is 362 g/mol. The van der Waals surface area contributed by atoms with Gasteiger partial charge in [0.1, 0.15) is 17.6 Å². The van der Waals surface area contributed by atoms with Gasteiger partial charge in [0, 0.05) is 23.1 Å². The van der Waals surface area contributed by atoms with Crippen LogP contribution in [0.4, 0.5) is 5.82 Å². The minimum Gasteiger partial charge on any atom is -0.367 e. The number of fused-ring (bicyclic) bond motifs is 3. The number of anilines is 1. The third kappa shape index (κ3) is 2.16. The van der Waals surface area contributed by atoms with Gasteiger partial charge in [0.15, 0.2) is 0 Å². The van der Waals surface area contributed by atoms with Crippen LogP contribution in [-0.4, -0.2) is 23.9 Å². The van der Waals surface area contributed by atoms with Crippen LogP contribution in [0.3, 0.4) is 0 Å². The molecule has 1 aliphatic rings. The van der Waals surface area contributed by atoms with Crippen LogP contribution in [0.25, 0.3) is 23.1 Å². The number of hydrogen-bond donors (Lipinski definition) is 1. The maximum atomic E-state index is 13.3. The SMILES string of the molecule is C=Cc1c(C#N)ncc2c1c1c(n2S(=O)(=O)c2ccccc2)NCC=C1. The monoisotopic (exact) mass is 362 g/mol. The van der Waals surface area contributed by atoms with E-state index in [0.29, 0.717) is 34.4 Å². The summed E-state index contributed by atoms with van der Waals surface area (Å²) >= 11 is 0. The Morgan fingerprint density at radius 3 is 2.77 bits per heavy atom. The maximum absolute atomic E-state index is 13.3. The highest BCUT2D eigenvalue weighted by Gasteiger charge is 2.29. The number of nitrogens with one attached hydrogen (secondary N) is 1. The Hall–Kier alpha value is -3.37. The van der Waals surface area contributed by atoms with E-state index in [0.717, 1.165) is 0 Å². The molecule has 1 aromatic carbocycles. The molecule has 3 aromatic rings. The summed E-state index contributed by atoms with van der Waals surface area (Å²) in [5.41, 5.74) is 1.85. The van der Waals surface area contributed by atoms with Crippen molar-refractivity contribution in [2.24, 2.45) is 0 Å². The molecule has 2 aromatic heterocycles. The summed E-state index contributed by atoms with van der Waals surface area (Å²) in [6.45, 7) is 4.28. The van der Waals surface area contributed by atoms with Gasteiger partial charge < -0.3 is 5.32 Å². The molecule has 0 bridgehead atoms. The van der Waals surface area contributed by atoms with Crippen molar-refractivity contribution in [2.45, 2.75) is 4.90 Å². The molecule has 0 fully saturated rings. The molecule has 7 heteroatoms. The lowest BCUT2D eigenvalue weighted by Gasteiger charge is -2.15. The van der Waals surface area contributed by atoms with Crippen LogP contribution in [0, 0.1) is 11.3 Å². The topological polar surface area (TPSA) is 87.8 Å². The van der Waals surface area contributed by atoms with Crippen molar-refractivity contribution >= 4 is 38.9 Å². The molecule has 1 N–H and O–H groups in total. The fourth-order valence-corrected chi connectivity index (χ4v) is 4.71. The summed E-state index contributed by atoms with van der Waals surface area (Å²) < 4.78 is 27.9. The van der Waals surface area contributed by atoms with E-state index in [1.54, 1.807) is 30.3 Å². The van der Waals surface area contributed by atoms with Gasteiger partial charge in [-0.2, -0.15) is 5.26 Å². The largest absolute Gasteiger partial charge is 0.367 e. The molecule has 4 rings (SSSR count). The van der Waals surface area contributed by atoms with E-state index >= 15 is 0 Å². The van der Waals surface area contributed by atoms with Gasteiger partial charge in [0.2, 0.25) is 0 Å². The van der Waals surface area contributed by atoms with Gasteiger partial charge in [0.25, 0.3) is 10.0 Å². The molecule has 0 saturated heterocycles. The number of hydrogen-bond acceptors (Lipinski definition) is 5. The van der Waals surface area contributed by atoms with Crippen LogP contribution in [0.15, 0.2) is 54.1 Å². The van der Waals surface area contributed by atoms with E-state index in [-0.39, 0.29) is 10.6 Å². The van der Waals surface area contributed by atoms with Crippen LogP contribution in [0.5, 0.6) is 0 Å². The minimum atomic E-state index is -3.85. The lowest BCUT2D eigenvalue weighted by Crippen LogP contribution is -2.17. The Kier molecular flexibility index (Phi) is 3.63. The zero-order valence-corrected chi connectivity index (χ0v) is 14.5. The molecule has 0 atom stereocenters. The standard InChI is InChI=1S/C19H14N4O2S/c1-2-14-16(11-20)22-12-17-18(14)15-9-6-10-21-19(15)23(17)26(24,25)13-7-4-3-5-8-13/h2-9,12,21H,1,10H2. The van der Waals surface area contributed by atoms with Crippen LogP contribution >= 0.6 is 0 Å². The first-order valence-corrected chi connectivity index (χ1v) is 9.34. The van der Waals surface area contributed by atoms with E-state index in [9.17, 15) is 13.7 Å². The van der Waals surface area contributed by atoms with E-state index in [2.05, 4.69) is 16.9 Å². The molecule has 3 heterocycles. The Morgan fingerprint density at radius 2 is 2.08 bits per heavy atom. The second-order valence-corrected chi connectivity index (χ2v) is 7.51. The van der Waals surface area contributed by atoms with Gasteiger partial charge in [0.05, 0.1) is 16.6 Å². The number of nitrogens with zero attached hydrogens (tertiary/aromatic N) is 3. The maximum Gasteiger partial charge on any atom is 0.269 e. The van der Waals surface area contributed by atoms with Crippen molar-refractivity contribution in [3.8, 4) is 6.07 Å². The third-order valence-corrected chi connectivity index (χ3v) is 6.03. The number of rotatable bonds is 3. The molecule has 0 radical (unpaired) electrons. The fourth-order valence-electron chi connectivity index (χ4n) is 3.20. The van der Waals surface area contributed by atoms with Crippen molar-refractivity contribution in [1.29, 1.82) is 5.26 Å². The van der Waals surface area contributed by atoms with E-state index in [1.807, 2.05) is 18.2 Å². The normalized spacial score (nSPS) is 13.0. The number of pyridine rings is 1. The second-order valence-electron chi connectivity index (χ2n) is 5.72. The Balaban J connectivity index is 2.17. The second kappa shape index (κ2) is 5.86. The first-order chi connectivity index (χ1) is 12.6. The molecule has 6 nitrogen and oxygen atoms in total. The molecule has 128 valence electrons. The third-order valence-electron chi connectivity index (χ3n) is 4.31. The highest BCUT2D eigenvalue weighted by Crippen LogP contribution is 2.38. The van der Waals surface area contributed by atoms with Gasteiger partial charge in [-0.15, -0.1) is 0 Å². The molecule has 0 amide bonds. The molecule has 26 heavy (non-hydrogen) atoms. The molecule has 1 aliphatic heterocycles. The van der Waals surface area contributed by atoms with Crippen molar-refractivity contribution in [1.82, 2.24) is 8.96 Å². The first kappa shape index (κ1) is 16.1. The smallest absolute Gasteiger partial charge is 0.269 e. The zero-order valence-electron chi connectivity index (χ0n) is 13.7. The highest BCUT2D eigenvalue weighted by atomic mass is 32.2. The summed E-state index contributed by atoms with van der Waals surface area (Å²) in [6, 6.07) is 10.3. The van der Waals surface area contributed by atoms with Crippen molar-refractivity contribution < 1.29 is 8.42 Å². The van der Waals surface area contributed by atoms with E-state index < -0.39 is 10.0 Å².